The molecule has 1 aliphatic heterocycles. The van der Waals surface area contributed by atoms with E-state index < -0.39 is 12.1 Å². The molecule has 1 N–H and O–H groups in total. The van der Waals surface area contributed by atoms with Crippen LogP contribution in [0, 0.1) is 0 Å². The second kappa shape index (κ2) is 6.78. The van der Waals surface area contributed by atoms with Crippen molar-refractivity contribution in [2.45, 2.75) is 38.9 Å². The maximum absolute atomic E-state index is 12.3. The van der Waals surface area contributed by atoms with Crippen LogP contribution >= 0.6 is 0 Å². The number of hydrogen-bond donors (Lipinski definition) is 1. The number of hydrogen-bond acceptors (Lipinski definition) is 4. The van der Waals surface area contributed by atoms with Crippen molar-refractivity contribution < 1.29 is 14.4 Å². The van der Waals surface area contributed by atoms with Gasteiger partial charge in [0.05, 0.1) is 24.0 Å². The fourth-order valence-corrected chi connectivity index (χ4v) is 3.30. The zero-order valence-corrected chi connectivity index (χ0v) is 15.4. The number of likely N-dealkylation sites (N-methyl/N-ethyl adjacent to an activating group) is 2. The van der Waals surface area contributed by atoms with Gasteiger partial charge in [0.1, 0.15) is 11.9 Å². The van der Waals surface area contributed by atoms with Gasteiger partial charge in [0.15, 0.2) is 0 Å². The van der Waals surface area contributed by atoms with Gasteiger partial charge in [0, 0.05) is 20.1 Å². The Labute approximate surface area is 151 Å². The molecule has 0 bridgehead atoms. The standard InChI is InChI=1S/C18H23N5O3/c1-11(2)23-13-8-6-5-7-12(13)20-15(23)10-19-16(24)9-14-17(25)22(4)18(26)21(14)3/h5-8,11,14H,9-10H2,1-4H3,(H,19,24). The van der Waals surface area contributed by atoms with E-state index in [4.69, 9.17) is 0 Å². The molecule has 1 unspecified atom stereocenters. The van der Waals surface area contributed by atoms with Crippen LogP contribution in [0.3, 0.4) is 0 Å². The maximum Gasteiger partial charge on any atom is 0.326 e. The third kappa shape index (κ3) is 3.02. The number of amides is 4. The van der Waals surface area contributed by atoms with Crippen molar-refractivity contribution in [3.63, 3.8) is 0 Å². The van der Waals surface area contributed by atoms with E-state index in [9.17, 15) is 14.4 Å². The van der Waals surface area contributed by atoms with E-state index in [0.717, 1.165) is 21.8 Å². The van der Waals surface area contributed by atoms with E-state index in [1.807, 2.05) is 24.3 Å². The van der Waals surface area contributed by atoms with E-state index in [2.05, 4.69) is 28.7 Å². The molecule has 26 heavy (non-hydrogen) atoms. The molecule has 4 amide bonds. The second-order valence-corrected chi connectivity index (χ2v) is 6.77. The van der Waals surface area contributed by atoms with Gasteiger partial charge in [-0.05, 0) is 26.0 Å². The van der Waals surface area contributed by atoms with Crippen molar-refractivity contribution >= 4 is 28.9 Å². The normalized spacial score (nSPS) is 17.7. The first-order chi connectivity index (χ1) is 12.3. The number of nitrogens with zero attached hydrogens (tertiary/aromatic N) is 4. The molecular formula is C18H23N5O3. The Hall–Kier alpha value is -2.90. The molecule has 2 aromatic rings. The van der Waals surface area contributed by atoms with Crippen LogP contribution in [0.5, 0.6) is 0 Å². The van der Waals surface area contributed by atoms with Gasteiger partial charge in [0.25, 0.3) is 5.91 Å². The predicted octanol–water partition coefficient (Wildman–Crippen LogP) is 1.52. The summed E-state index contributed by atoms with van der Waals surface area (Å²) in [5, 5.41) is 2.82. The highest BCUT2D eigenvalue weighted by molar-refractivity contribution is 6.05. The first-order valence-electron chi connectivity index (χ1n) is 8.58. The van der Waals surface area contributed by atoms with E-state index in [0.29, 0.717) is 0 Å². The highest BCUT2D eigenvalue weighted by Crippen LogP contribution is 2.21. The second-order valence-electron chi connectivity index (χ2n) is 6.77. The highest BCUT2D eigenvalue weighted by atomic mass is 16.2. The number of urea groups is 1. The summed E-state index contributed by atoms with van der Waals surface area (Å²) in [7, 11) is 2.95. The molecule has 0 spiro atoms. The van der Waals surface area contributed by atoms with Crippen LogP contribution in [0.4, 0.5) is 4.79 Å². The summed E-state index contributed by atoms with van der Waals surface area (Å²) in [5.41, 5.74) is 1.90. The first-order valence-corrected chi connectivity index (χ1v) is 8.58. The fourth-order valence-electron chi connectivity index (χ4n) is 3.30. The minimum atomic E-state index is -0.753. The Morgan fingerprint density at radius 1 is 1.23 bits per heavy atom. The highest BCUT2D eigenvalue weighted by Gasteiger charge is 2.41. The number of para-hydroxylation sites is 2. The molecule has 1 atom stereocenters. The number of benzene rings is 1. The summed E-state index contributed by atoms with van der Waals surface area (Å²) in [6.45, 7) is 4.39. The minimum absolute atomic E-state index is 0.0622. The number of carbonyl (C=O) groups is 3. The molecule has 0 aliphatic carbocycles. The van der Waals surface area contributed by atoms with E-state index in [1.165, 1.54) is 19.0 Å². The average Bonchev–Trinajstić information content (AvgIpc) is 3.07. The van der Waals surface area contributed by atoms with Crippen LogP contribution in [0.1, 0.15) is 32.1 Å². The molecule has 1 aliphatic rings. The van der Waals surface area contributed by atoms with Crippen LogP contribution in [0.15, 0.2) is 24.3 Å². The Morgan fingerprint density at radius 2 is 1.92 bits per heavy atom. The monoisotopic (exact) mass is 357 g/mol. The molecule has 0 radical (unpaired) electrons. The van der Waals surface area contributed by atoms with E-state index in [-0.39, 0.29) is 30.8 Å². The Kier molecular flexibility index (Phi) is 4.67. The number of aromatic nitrogens is 2. The van der Waals surface area contributed by atoms with Gasteiger partial charge in [-0.1, -0.05) is 12.1 Å². The van der Waals surface area contributed by atoms with Crippen LogP contribution in [0.25, 0.3) is 11.0 Å². The number of carbonyl (C=O) groups excluding carboxylic acids is 3. The van der Waals surface area contributed by atoms with E-state index in [1.54, 1.807) is 0 Å². The lowest BCUT2D eigenvalue weighted by molar-refractivity contribution is -0.131. The van der Waals surface area contributed by atoms with Gasteiger partial charge in [-0.15, -0.1) is 0 Å². The van der Waals surface area contributed by atoms with Gasteiger partial charge in [-0.3, -0.25) is 14.5 Å². The number of nitrogens with one attached hydrogen (secondary N) is 1. The zero-order valence-electron chi connectivity index (χ0n) is 15.4. The molecule has 138 valence electrons. The lowest BCUT2D eigenvalue weighted by Crippen LogP contribution is -2.37. The minimum Gasteiger partial charge on any atom is -0.349 e. The molecule has 0 saturated carbocycles. The van der Waals surface area contributed by atoms with Crippen LogP contribution in [-0.4, -0.2) is 57.3 Å². The number of fused-ring (bicyclic) bond motifs is 1. The number of imide groups is 1. The van der Waals surface area contributed by atoms with Crippen LogP contribution in [-0.2, 0) is 16.1 Å². The van der Waals surface area contributed by atoms with Crippen molar-refractivity contribution in [3.8, 4) is 0 Å². The lowest BCUT2D eigenvalue weighted by atomic mass is 10.2. The van der Waals surface area contributed by atoms with Gasteiger partial charge in [0.2, 0.25) is 5.91 Å². The van der Waals surface area contributed by atoms with Crippen LogP contribution in [0.2, 0.25) is 0 Å². The summed E-state index contributed by atoms with van der Waals surface area (Å²) < 4.78 is 2.08. The van der Waals surface area contributed by atoms with Crippen molar-refractivity contribution in [1.29, 1.82) is 0 Å². The van der Waals surface area contributed by atoms with Gasteiger partial charge < -0.3 is 14.8 Å². The van der Waals surface area contributed by atoms with Crippen molar-refractivity contribution in [1.82, 2.24) is 24.7 Å². The van der Waals surface area contributed by atoms with Crippen molar-refractivity contribution in [3.05, 3.63) is 30.1 Å². The van der Waals surface area contributed by atoms with Gasteiger partial charge in [-0.25, -0.2) is 9.78 Å². The van der Waals surface area contributed by atoms with Gasteiger partial charge in [-0.2, -0.15) is 0 Å². The summed E-state index contributed by atoms with van der Waals surface area (Å²) in [6, 6.07) is 6.88. The third-order valence-electron chi connectivity index (χ3n) is 4.68. The largest absolute Gasteiger partial charge is 0.349 e. The van der Waals surface area contributed by atoms with Crippen molar-refractivity contribution in [2.75, 3.05) is 14.1 Å². The molecule has 1 saturated heterocycles. The molecule has 1 aromatic carbocycles. The third-order valence-corrected chi connectivity index (χ3v) is 4.68. The molecular weight excluding hydrogens is 334 g/mol. The maximum atomic E-state index is 12.3. The summed E-state index contributed by atoms with van der Waals surface area (Å²) in [4.78, 5) is 43.1. The predicted molar refractivity (Wildman–Crippen MR) is 96.3 cm³/mol. The van der Waals surface area contributed by atoms with Crippen molar-refractivity contribution in [2.24, 2.45) is 0 Å². The summed E-state index contributed by atoms with van der Waals surface area (Å²) in [6.07, 6.45) is -0.0622. The molecule has 1 fully saturated rings. The van der Waals surface area contributed by atoms with E-state index >= 15 is 0 Å². The Balaban J connectivity index is 1.71. The topological polar surface area (TPSA) is 87.5 Å². The quantitative estimate of drug-likeness (QED) is 0.822. The molecule has 1 aromatic heterocycles. The Morgan fingerprint density at radius 3 is 2.54 bits per heavy atom. The number of imidazole rings is 1. The van der Waals surface area contributed by atoms with Gasteiger partial charge >= 0.3 is 6.03 Å². The lowest BCUT2D eigenvalue weighted by Gasteiger charge is -2.16. The zero-order chi connectivity index (χ0) is 19.0. The first kappa shape index (κ1) is 17.9. The average molecular weight is 357 g/mol. The molecule has 2 heterocycles. The molecule has 8 heteroatoms. The fraction of sp³-hybridized carbons (Fsp3) is 0.444. The summed E-state index contributed by atoms with van der Waals surface area (Å²) >= 11 is 0. The smallest absolute Gasteiger partial charge is 0.326 e. The van der Waals surface area contributed by atoms with Crippen LogP contribution < -0.4 is 5.32 Å². The molecule has 3 rings (SSSR count). The number of rotatable bonds is 5. The summed E-state index contributed by atoms with van der Waals surface area (Å²) in [5.74, 6) is 0.108. The molecule has 8 nitrogen and oxygen atoms in total. The SMILES string of the molecule is CC(C)n1c(CNC(=O)CC2C(=O)N(C)C(=O)N2C)nc2ccccc21. The Bertz CT molecular complexity index is 873.